The number of fused-ring (bicyclic) bond motifs is 1. The predicted octanol–water partition coefficient (Wildman–Crippen LogP) is 4.84. The lowest BCUT2D eigenvalue weighted by molar-refractivity contribution is 0.417. The number of para-hydroxylation sites is 1. The van der Waals surface area contributed by atoms with E-state index in [1.807, 2.05) is 24.3 Å². The fourth-order valence-corrected chi connectivity index (χ4v) is 2.51. The van der Waals surface area contributed by atoms with E-state index in [0.29, 0.717) is 6.04 Å². The summed E-state index contributed by atoms with van der Waals surface area (Å²) < 4.78 is 5.90. The first kappa shape index (κ1) is 12.9. The van der Waals surface area contributed by atoms with Gasteiger partial charge in [0, 0.05) is 11.4 Å². The van der Waals surface area contributed by atoms with E-state index in [1.165, 1.54) is 5.56 Å². The van der Waals surface area contributed by atoms with Crippen LogP contribution < -0.4 is 5.32 Å². The van der Waals surface area contributed by atoms with Crippen molar-refractivity contribution in [2.75, 3.05) is 0 Å². The Morgan fingerprint density at radius 3 is 2.30 bits per heavy atom. The van der Waals surface area contributed by atoms with E-state index < -0.39 is 0 Å². The molecule has 2 nitrogen and oxygen atoms in total. The largest absolute Gasteiger partial charge is 0.459 e. The Kier molecular flexibility index (Phi) is 3.57. The van der Waals surface area contributed by atoms with E-state index in [1.54, 1.807) is 0 Å². The van der Waals surface area contributed by atoms with Gasteiger partial charge >= 0.3 is 0 Å². The van der Waals surface area contributed by atoms with Crippen molar-refractivity contribution in [1.29, 1.82) is 0 Å². The SMILES string of the molecule is CC(NC(C)c1cc2ccccc2o1)c1ccccc1. The molecular formula is C18H19NO. The van der Waals surface area contributed by atoms with Crippen LogP contribution in [0.1, 0.15) is 37.3 Å². The van der Waals surface area contributed by atoms with Crippen LogP contribution in [0.2, 0.25) is 0 Å². The Bertz CT molecular complexity index is 654. The lowest BCUT2D eigenvalue weighted by Crippen LogP contribution is -2.22. The van der Waals surface area contributed by atoms with Crippen LogP contribution in [0.15, 0.2) is 65.1 Å². The fourth-order valence-electron chi connectivity index (χ4n) is 2.51. The Labute approximate surface area is 119 Å². The fraction of sp³-hybridized carbons (Fsp3) is 0.222. The second kappa shape index (κ2) is 5.51. The second-order valence-electron chi connectivity index (χ2n) is 5.21. The van der Waals surface area contributed by atoms with E-state index >= 15 is 0 Å². The van der Waals surface area contributed by atoms with E-state index in [0.717, 1.165) is 16.7 Å². The van der Waals surface area contributed by atoms with Crippen molar-refractivity contribution in [3.05, 3.63) is 72.0 Å². The van der Waals surface area contributed by atoms with E-state index in [4.69, 9.17) is 4.42 Å². The minimum atomic E-state index is 0.178. The quantitative estimate of drug-likeness (QED) is 0.730. The zero-order chi connectivity index (χ0) is 13.9. The van der Waals surface area contributed by atoms with Gasteiger partial charge in [-0.05, 0) is 31.5 Å². The molecule has 0 saturated heterocycles. The van der Waals surface area contributed by atoms with Gasteiger partial charge in [0.05, 0.1) is 6.04 Å². The standard InChI is InChI=1S/C18H19NO/c1-13(15-8-4-3-5-9-15)19-14(2)18-12-16-10-6-7-11-17(16)20-18/h3-14,19H,1-2H3. The highest BCUT2D eigenvalue weighted by atomic mass is 16.3. The summed E-state index contributed by atoms with van der Waals surface area (Å²) >= 11 is 0. The number of nitrogens with one attached hydrogen (secondary N) is 1. The van der Waals surface area contributed by atoms with Gasteiger partial charge in [-0.1, -0.05) is 48.5 Å². The summed E-state index contributed by atoms with van der Waals surface area (Å²) in [6.07, 6.45) is 0. The van der Waals surface area contributed by atoms with Gasteiger partial charge < -0.3 is 9.73 Å². The average Bonchev–Trinajstić information content (AvgIpc) is 2.92. The van der Waals surface area contributed by atoms with Crippen molar-refractivity contribution in [2.24, 2.45) is 0 Å². The summed E-state index contributed by atoms with van der Waals surface area (Å²) in [5.74, 6) is 0.981. The zero-order valence-electron chi connectivity index (χ0n) is 11.8. The maximum absolute atomic E-state index is 5.90. The zero-order valence-corrected chi connectivity index (χ0v) is 11.8. The summed E-state index contributed by atoms with van der Waals surface area (Å²) in [4.78, 5) is 0. The van der Waals surface area contributed by atoms with Crippen LogP contribution in [0.4, 0.5) is 0 Å². The maximum atomic E-state index is 5.90. The van der Waals surface area contributed by atoms with Crippen molar-refractivity contribution >= 4 is 11.0 Å². The molecule has 3 aromatic rings. The molecule has 0 amide bonds. The van der Waals surface area contributed by atoms with Gasteiger partial charge in [0.25, 0.3) is 0 Å². The molecule has 2 atom stereocenters. The topological polar surface area (TPSA) is 25.2 Å². The van der Waals surface area contributed by atoms with Gasteiger partial charge in [-0.2, -0.15) is 0 Å². The number of hydrogen-bond acceptors (Lipinski definition) is 2. The molecule has 2 heteroatoms. The van der Waals surface area contributed by atoms with Gasteiger partial charge in [0.15, 0.2) is 0 Å². The van der Waals surface area contributed by atoms with Gasteiger partial charge in [-0.3, -0.25) is 0 Å². The average molecular weight is 265 g/mol. The highest BCUT2D eigenvalue weighted by molar-refractivity contribution is 5.77. The van der Waals surface area contributed by atoms with Gasteiger partial charge in [0.2, 0.25) is 0 Å². The third kappa shape index (κ3) is 2.61. The predicted molar refractivity (Wildman–Crippen MR) is 82.6 cm³/mol. The summed E-state index contributed by atoms with van der Waals surface area (Å²) in [5.41, 5.74) is 2.24. The molecule has 0 spiro atoms. The lowest BCUT2D eigenvalue weighted by Gasteiger charge is -2.18. The van der Waals surface area contributed by atoms with Crippen LogP contribution in [0.3, 0.4) is 0 Å². The van der Waals surface area contributed by atoms with Crippen molar-refractivity contribution in [1.82, 2.24) is 5.32 Å². The van der Waals surface area contributed by atoms with Crippen molar-refractivity contribution in [3.8, 4) is 0 Å². The van der Waals surface area contributed by atoms with Gasteiger partial charge in [-0.25, -0.2) is 0 Å². The van der Waals surface area contributed by atoms with E-state index in [2.05, 4.69) is 55.6 Å². The molecule has 2 aromatic carbocycles. The Morgan fingerprint density at radius 2 is 1.55 bits per heavy atom. The monoisotopic (exact) mass is 265 g/mol. The van der Waals surface area contributed by atoms with E-state index in [-0.39, 0.29) is 6.04 Å². The Morgan fingerprint density at radius 1 is 0.850 bits per heavy atom. The molecular weight excluding hydrogens is 246 g/mol. The third-order valence-corrected chi connectivity index (χ3v) is 3.67. The van der Waals surface area contributed by atoms with E-state index in [9.17, 15) is 0 Å². The summed E-state index contributed by atoms with van der Waals surface area (Å²) in [5, 5.41) is 4.74. The highest BCUT2D eigenvalue weighted by Gasteiger charge is 2.14. The maximum Gasteiger partial charge on any atom is 0.134 e. The van der Waals surface area contributed by atoms with Gasteiger partial charge in [-0.15, -0.1) is 0 Å². The summed E-state index contributed by atoms with van der Waals surface area (Å²) in [6.45, 7) is 4.31. The summed E-state index contributed by atoms with van der Waals surface area (Å²) in [6, 6.07) is 21.2. The van der Waals surface area contributed by atoms with Crippen LogP contribution in [-0.2, 0) is 0 Å². The molecule has 2 unspecified atom stereocenters. The first-order chi connectivity index (χ1) is 9.74. The van der Waals surface area contributed by atoms with Crippen LogP contribution in [0, 0.1) is 0 Å². The number of furan rings is 1. The molecule has 0 bridgehead atoms. The smallest absolute Gasteiger partial charge is 0.134 e. The Hall–Kier alpha value is -2.06. The van der Waals surface area contributed by atoms with Crippen molar-refractivity contribution in [2.45, 2.75) is 25.9 Å². The number of hydrogen-bond donors (Lipinski definition) is 1. The van der Waals surface area contributed by atoms with Crippen LogP contribution >= 0.6 is 0 Å². The molecule has 20 heavy (non-hydrogen) atoms. The Balaban J connectivity index is 1.77. The van der Waals surface area contributed by atoms with Crippen LogP contribution in [0.5, 0.6) is 0 Å². The molecule has 1 N–H and O–H groups in total. The van der Waals surface area contributed by atoms with Crippen molar-refractivity contribution in [3.63, 3.8) is 0 Å². The molecule has 0 aliphatic carbocycles. The molecule has 1 aromatic heterocycles. The lowest BCUT2D eigenvalue weighted by atomic mass is 10.1. The molecule has 0 fully saturated rings. The second-order valence-corrected chi connectivity index (χ2v) is 5.21. The molecule has 0 aliphatic heterocycles. The molecule has 0 aliphatic rings. The van der Waals surface area contributed by atoms with Crippen LogP contribution in [-0.4, -0.2) is 0 Å². The normalized spacial score (nSPS) is 14.3. The molecule has 102 valence electrons. The molecule has 0 radical (unpaired) electrons. The minimum absolute atomic E-state index is 0.178. The molecule has 1 heterocycles. The van der Waals surface area contributed by atoms with Crippen LogP contribution in [0.25, 0.3) is 11.0 Å². The molecule has 0 saturated carbocycles. The third-order valence-electron chi connectivity index (χ3n) is 3.67. The highest BCUT2D eigenvalue weighted by Crippen LogP contribution is 2.25. The number of rotatable bonds is 4. The number of benzene rings is 2. The minimum Gasteiger partial charge on any atom is -0.459 e. The van der Waals surface area contributed by atoms with Crippen molar-refractivity contribution < 1.29 is 4.42 Å². The first-order valence-corrected chi connectivity index (χ1v) is 7.03. The first-order valence-electron chi connectivity index (χ1n) is 7.03. The van der Waals surface area contributed by atoms with Gasteiger partial charge in [0.1, 0.15) is 11.3 Å². The molecule has 3 rings (SSSR count). The summed E-state index contributed by atoms with van der Waals surface area (Å²) in [7, 11) is 0.